The minimum atomic E-state index is -0.459. The molecule has 0 bridgehead atoms. The number of thiophene rings is 1. The van der Waals surface area contributed by atoms with Crippen LogP contribution in [0.1, 0.15) is 77.1 Å². The molecule has 2 heteroatoms. The minimum Gasteiger partial charge on any atom is -0.312 e. The van der Waals surface area contributed by atoms with Crippen molar-refractivity contribution < 1.29 is 0 Å². The Kier molecular flexibility index (Phi) is 7.95. The molecule has 2 unspecified atom stereocenters. The van der Waals surface area contributed by atoms with Crippen LogP contribution in [-0.2, 0) is 17.3 Å². The average molecular weight is 886 g/mol. The lowest BCUT2D eigenvalue weighted by molar-refractivity contribution is 0.657. The summed E-state index contributed by atoms with van der Waals surface area (Å²) in [6.45, 7) is 4.83. The van der Waals surface area contributed by atoms with E-state index in [-0.39, 0.29) is 11.3 Å². The van der Waals surface area contributed by atoms with Crippen molar-refractivity contribution in [1.82, 2.24) is 4.57 Å². The summed E-state index contributed by atoms with van der Waals surface area (Å²) in [7, 11) is 0. The van der Waals surface area contributed by atoms with Crippen LogP contribution < -0.4 is 0 Å². The van der Waals surface area contributed by atoms with Gasteiger partial charge in [0.1, 0.15) is 0 Å². The van der Waals surface area contributed by atoms with Crippen molar-refractivity contribution in [2.45, 2.75) is 49.9 Å². The van der Waals surface area contributed by atoms with E-state index in [2.05, 4.69) is 225 Å². The first kappa shape index (κ1) is 38.6. The lowest BCUT2D eigenvalue weighted by atomic mass is 9.63. The van der Waals surface area contributed by atoms with Gasteiger partial charge in [0.2, 0.25) is 0 Å². The van der Waals surface area contributed by atoms with E-state index in [0.29, 0.717) is 0 Å². The maximum Gasteiger partial charge on any atom is 0.0751 e. The number of benzene rings is 9. The number of fused-ring (bicyclic) bond motifs is 17. The van der Waals surface area contributed by atoms with Crippen LogP contribution >= 0.6 is 11.3 Å². The van der Waals surface area contributed by atoms with Crippen LogP contribution in [-0.4, -0.2) is 4.57 Å². The van der Waals surface area contributed by atoms with Crippen LogP contribution in [0.25, 0.3) is 81.1 Å². The minimum absolute atomic E-state index is 0.0935. The van der Waals surface area contributed by atoms with Crippen molar-refractivity contribution in [3.8, 4) is 33.4 Å². The molecule has 15 rings (SSSR count). The van der Waals surface area contributed by atoms with E-state index in [9.17, 15) is 0 Å². The molecule has 68 heavy (non-hydrogen) atoms. The summed E-state index contributed by atoms with van der Waals surface area (Å²) >= 11 is 1.91. The third-order valence-electron chi connectivity index (χ3n) is 16.5. The van der Waals surface area contributed by atoms with Gasteiger partial charge in [-0.3, -0.25) is 0 Å². The van der Waals surface area contributed by atoms with E-state index in [1.807, 2.05) is 11.3 Å². The van der Waals surface area contributed by atoms with Gasteiger partial charge in [0.15, 0.2) is 0 Å². The van der Waals surface area contributed by atoms with Crippen LogP contribution in [0.5, 0.6) is 0 Å². The highest BCUT2D eigenvalue weighted by Crippen LogP contribution is 2.63. The molecule has 1 spiro atoms. The maximum atomic E-state index is 2.63. The summed E-state index contributed by atoms with van der Waals surface area (Å²) in [4.78, 5) is 0. The van der Waals surface area contributed by atoms with Gasteiger partial charge >= 0.3 is 0 Å². The summed E-state index contributed by atoms with van der Waals surface area (Å²) in [5.74, 6) is 0.0935. The monoisotopic (exact) mass is 885 g/mol. The van der Waals surface area contributed by atoms with Gasteiger partial charge in [-0.2, -0.15) is 0 Å². The Hall–Kier alpha value is -7.52. The van der Waals surface area contributed by atoms with E-state index < -0.39 is 5.41 Å². The van der Waals surface area contributed by atoms with Crippen molar-refractivity contribution in [3.05, 3.63) is 256 Å². The number of nitrogens with zero attached hydrogens (tertiary/aromatic N) is 1. The molecule has 0 amide bonds. The molecule has 0 fully saturated rings. The van der Waals surface area contributed by atoms with E-state index in [1.54, 1.807) is 0 Å². The molecule has 1 nitrogen and oxygen atoms in total. The number of allylic oxidation sites excluding steroid dienone is 4. The van der Waals surface area contributed by atoms with Crippen molar-refractivity contribution in [1.29, 1.82) is 0 Å². The van der Waals surface area contributed by atoms with Gasteiger partial charge in [-0.15, -0.1) is 11.3 Å². The van der Waals surface area contributed by atoms with Crippen LogP contribution in [0.3, 0.4) is 0 Å². The lowest BCUT2D eigenvalue weighted by Crippen LogP contribution is -2.34. The van der Waals surface area contributed by atoms with E-state index in [0.717, 1.165) is 19.3 Å². The molecule has 0 radical (unpaired) electrons. The van der Waals surface area contributed by atoms with Crippen molar-refractivity contribution in [3.63, 3.8) is 0 Å². The number of hydrogen-bond donors (Lipinski definition) is 0. The van der Waals surface area contributed by atoms with Gasteiger partial charge in [0.05, 0.1) is 16.4 Å². The normalized spacial score (nSPS) is 17.5. The first-order valence-electron chi connectivity index (χ1n) is 24.4. The molecule has 11 aromatic rings. The van der Waals surface area contributed by atoms with Crippen molar-refractivity contribution in [2.24, 2.45) is 0 Å². The van der Waals surface area contributed by atoms with Gasteiger partial charge in [0, 0.05) is 48.0 Å². The molecule has 322 valence electrons. The standard InChI is InChI=1S/C66H47NS/c1-65(2)53-24-7-3-16-44(53)45-37-36-42(39-58(45)65)52(38-40-32-34-41(35-33-40)43-20-13-23-50-47-18-6-12-31-61(47)68-64(43)50)48-21-14-27-56-62(48)51-19-4-8-25-54(51)66(56)55-26-9-11-30-60(55)67-59-29-10-5-17-46(59)49-22-15-28-57(66)63(49)67/h3-10,12-29,31-37,39,52H,11,30,38H2,1-2H3. The Morgan fingerprint density at radius 1 is 0.544 bits per heavy atom. The zero-order chi connectivity index (χ0) is 44.9. The van der Waals surface area contributed by atoms with Gasteiger partial charge in [0.25, 0.3) is 0 Å². The molecular formula is C66H47NS. The Morgan fingerprint density at radius 3 is 2.12 bits per heavy atom. The third-order valence-corrected chi connectivity index (χ3v) is 17.7. The molecule has 4 aliphatic rings. The highest BCUT2D eigenvalue weighted by Gasteiger charge is 2.52. The van der Waals surface area contributed by atoms with E-state index in [1.165, 1.54) is 131 Å². The van der Waals surface area contributed by atoms with Crippen LogP contribution in [0.4, 0.5) is 0 Å². The second-order valence-electron chi connectivity index (χ2n) is 20.1. The summed E-state index contributed by atoms with van der Waals surface area (Å²) in [6, 6.07) is 74.6. The largest absolute Gasteiger partial charge is 0.312 e. The highest BCUT2D eigenvalue weighted by atomic mass is 32.1. The van der Waals surface area contributed by atoms with E-state index >= 15 is 0 Å². The number of hydrogen-bond acceptors (Lipinski definition) is 1. The van der Waals surface area contributed by atoms with Crippen molar-refractivity contribution in [2.75, 3.05) is 0 Å². The molecule has 3 aliphatic carbocycles. The smallest absolute Gasteiger partial charge is 0.0751 e. The third kappa shape index (κ3) is 5.01. The molecule has 0 N–H and O–H groups in total. The summed E-state index contributed by atoms with van der Waals surface area (Å²) in [6.07, 6.45) is 7.85. The number of rotatable bonds is 5. The molecule has 3 heterocycles. The molecule has 1 aliphatic heterocycles. The molecular weight excluding hydrogens is 839 g/mol. The van der Waals surface area contributed by atoms with Gasteiger partial charge < -0.3 is 4.57 Å². The van der Waals surface area contributed by atoms with Gasteiger partial charge in [-0.25, -0.2) is 0 Å². The zero-order valence-electron chi connectivity index (χ0n) is 38.2. The Bertz CT molecular complexity index is 4040. The topological polar surface area (TPSA) is 4.93 Å². The predicted molar refractivity (Wildman–Crippen MR) is 287 cm³/mol. The van der Waals surface area contributed by atoms with Gasteiger partial charge in [-0.1, -0.05) is 208 Å². The van der Waals surface area contributed by atoms with Crippen molar-refractivity contribution >= 4 is 59.0 Å². The molecule has 2 atom stereocenters. The fourth-order valence-electron chi connectivity index (χ4n) is 13.6. The Morgan fingerprint density at radius 2 is 1.22 bits per heavy atom. The molecule has 0 saturated heterocycles. The highest BCUT2D eigenvalue weighted by molar-refractivity contribution is 7.26. The quantitative estimate of drug-likeness (QED) is 0.162. The van der Waals surface area contributed by atoms with E-state index in [4.69, 9.17) is 0 Å². The summed E-state index contributed by atoms with van der Waals surface area (Å²) in [5, 5.41) is 5.35. The Balaban J connectivity index is 0.950. The fourth-order valence-corrected chi connectivity index (χ4v) is 14.8. The fraction of sp³-hybridized carbons (Fsp3) is 0.121. The summed E-state index contributed by atoms with van der Waals surface area (Å²) in [5.41, 5.74) is 24.2. The molecule has 0 saturated carbocycles. The van der Waals surface area contributed by atoms with Gasteiger partial charge in [-0.05, 0) is 115 Å². The first-order valence-corrected chi connectivity index (χ1v) is 25.2. The summed E-state index contributed by atoms with van der Waals surface area (Å²) < 4.78 is 5.33. The maximum absolute atomic E-state index is 2.63. The van der Waals surface area contributed by atoms with Crippen LogP contribution in [0.2, 0.25) is 0 Å². The second-order valence-corrected chi connectivity index (χ2v) is 21.2. The first-order chi connectivity index (χ1) is 33.5. The average Bonchev–Trinajstić information content (AvgIpc) is 4.10. The second kappa shape index (κ2) is 14.0. The molecule has 9 aromatic carbocycles. The Labute approximate surface area is 401 Å². The zero-order valence-corrected chi connectivity index (χ0v) is 39.0. The van der Waals surface area contributed by atoms with Crippen LogP contribution in [0.15, 0.2) is 212 Å². The molecule has 2 aromatic heterocycles. The number of aromatic nitrogens is 1. The van der Waals surface area contributed by atoms with Crippen LogP contribution in [0, 0.1) is 0 Å². The lowest BCUT2D eigenvalue weighted by Gasteiger charge is -2.41. The predicted octanol–water partition coefficient (Wildman–Crippen LogP) is 17.4. The number of para-hydroxylation sites is 2. The SMILES string of the molecule is CC1(C)c2ccccc2-c2ccc(C(Cc3ccc(-c4cccc5c4sc4ccccc45)cc3)c3cccc4c3-c3ccccc3C43C4=C(CCC=C4)n4c5ccccc5c5cccc3c54)cc21.